The summed E-state index contributed by atoms with van der Waals surface area (Å²) < 4.78 is 12.2. The largest absolute Gasteiger partial charge is 0.493 e. The standard InChI is InChI=1S/C14H20BrNO2/c1-2-17-12-7-6-10(9-11(12)15)14(16)13-5-3-4-8-18-13/h6-7,9,13-14H,2-5,8,16H2,1H3. The first-order chi connectivity index (χ1) is 8.72. The third-order valence-electron chi connectivity index (χ3n) is 3.26. The molecule has 0 amide bonds. The van der Waals surface area contributed by atoms with E-state index in [-0.39, 0.29) is 12.1 Å². The van der Waals surface area contributed by atoms with Crippen LogP contribution in [0.1, 0.15) is 37.8 Å². The van der Waals surface area contributed by atoms with Crippen molar-refractivity contribution < 1.29 is 9.47 Å². The van der Waals surface area contributed by atoms with Crippen molar-refractivity contribution in [3.05, 3.63) is 28.2 Å². The summed E-state index contributed by atoms with van der Waals surface area (Å²) in [5.74, 6) is 0.859. The van der Waals surface area contributed by atoms with E-state index in [0.717, 1.165) is 35.2 Å². The molecule has 0 bridgehead atoms. The Morgan fingerprint density at radius 1 is 1.50 bits per heavy atom. The van der Waals surface area contributed by atoms with Crippen LogP contribution in [0.5, 0.6) is 5.75 Å². The number of benzene rings is 1. The Morgan fingerprint density at radius 2 is 2.33 bits per heavy atom. The number of ether oxygens (including phenoxy) is 2. The molecular formula is C14H20BrNO2. The van der Waals surface area contributed by atoms with Gasteiger partial charge < -0.3 is 15.2 Å². The maximum Gasteiger partial charge on any atom is 0.133 e. The van der Waals surface area contributed by atoms with Crippen LogP contribution in [0.4, 0.5) is 0 Å². The minimum Gasteiger partial charge on any atom is -0.493 e. The smallest absolute Gasteiger partial charge is 0.133 e. The highest BCUT2D eigenvalue weighted by atomic mass is 79.9. The van der Waals surface area contributed by atoms with Gasteiger partial charge in [0.1, 0.15) is 5.75 Å². The fraction of sp³-hybridized carbons (Fsp3) is 0.571. The second kappa shape index (κ2) is 6.55. The summed E-state index contributed by atoms with van der Waals surface area (Å²) in [5, 5.41) is 0. The summed E-state index contributed by atoms with van der Waals surface area (Å²) in [6, 6.07) is 5.97. The van der Waals surface area contributed by atoms with E-state index in [1.165, 1.54) is 6.42 Å². The lowest BCUT2D eigenvalue weighted by molar-refractivity contribution is -0.00000678. The van der Waals surface area contributed by atoms with Crippen molar-refractivity contribution in [2.24, 2.45) is 5.73 Å². The highest BCUT2D eigenvalue weighted by Crippen LogP contribution is 2.31. The zero-order valence-corrected chi connectivity index (χ0v) is 12.3. The lowest BCUT2D eigenvalue weighted by Crippen LogP contribution is -2.31. The fourth-order valence-corrected chi connectivity index (χ4v) is 2.77. The van der Waals surface area contributed by atoms with Gasteiger partial charge in [-0.3, -0.25) is 0 Å². The molecule has 2 N–H and O–H groups in total. The molecule has 18 heavy (non-hydrogen) atoms. The van der Waals surface area contributed by atoms with Gasteiger partial charge >= 0.3 is 0 Å². The van der Waals surface area contributed by atoms with Gasteiger partial charge in [-0.1, -0.05) is 6.07 Å². The van der Waals surface area contributed by atoms with Crippen LogP contribution in [-0.2, 0) is 4.74 Å². The van der Waals surface area contributed by atoms with Crippen molar-refractivity contribution in [1.29, 1.82) is 0 Å². The van der Waals surface area contributed by atoms with Crippen LogP contribution < -0.4 is 10.5 Å². The number of nitrogens with two attached hydrogens (primary N) is 1. The van der Waals surface area contributed by atoms with Gasteiger partial charge in [0.05, 0.1) is 23.2 Å². The quantitative estimate of drug-likeness (QED) is 0.926. The predicted molar refractivity (Wildman–Crippen MR) is 75.8 cm³/mol. The highest BCUT2D eigenvalue weighted by molar-refractivity contribution is 9.10. The lowest BCUT2D eigenvalue weighted by atomic mass is 9.96. The Labute approximate surface area is 117 Å². The SMILES string of the molecule is CCOc1ccc(C(N)C2CCCCO2)cc1Br. The lowest BCUT2D eigenvalue weighted by Gasteiger charge is -2.28. The molecule has 0 radical (unpaired) electrons. The van der Waals surface area contributed by atoms with Crippen LogP contribution >= 0.6 is 15.9 Å². The summed E-state index contributed by atoms with van der Waals surface area (Å²) in [5.41, 5.74) is 7.37. The minimum atomic E-state index is -0.0581. The average molecular weight is 314 g/mol. The molecule has 100 valence electrons. The molecule has 1 aliphatic heterocycles. The number of hydrogen-bond donors (Lipinski definition) is 1. The van der Waals surface area contributed by atoms with Gasteiger partial charge in [0.25, 0.3) is 0 Å². The molecule has 1 saturated heterocycles. The second-order valence-electron chi connectivity index (χ2n) is 4.55. The van der Waals surface area contributed by atoms with Gasteiger partial charge in [-0.05, 0) is 59.8 Å². The van der Waals surface area contributed by atoms with Gasteiger partial charge in [0.15, 0.2) is 0 Å². The molecule has 2 unspecified atom stereocenters. The first-order valence-electron chi connectivity index (χ1n) is 6.51. The molecule has 1 aromatic rings. The molecule has 1 heterocycles. The van der Waals surface area contributed by atoms with Crippen molar-refractivity contribution in [1.82, 2.24) is 0 Å². The maximum absolute atomic E-state index is 6.28. The molecule has 0 aromatic heterocycles. The van der Waals surface area contributed by atoms with Gasteiger partial charge in [0.2, 0.25) is 0 Å². The molecule has 0 aliphatic carbocycles. The first-order valence-corrected chi connectivity index (χ1v) is 7.31. The minimum absolute atomic E-state index is 0.0581. The first kappa shape index (κ1) is 13.8. The summed E-state index contributed by atoms with van der Waals surface area (Å²) in [6.07, 6.45) is 3.54. The molecule has 1 aliphatic rings. The monoisotopic (exact) mass is 313 g/mol. The van der Waals surface area contributed by atoms with E-state index in [9.17, 15) is 0 Å². The highest BCUT2D eigenvalue weighted by Gasteiger charge is 2.23. The zero-order valence-electron chi connectivity index (χ0n) is 10.7. The summed E-state index contributed by atoms with van der Waals surface area (Å²) in [6.45, 7) is 3.47. The van der Waals surface area contributed by atoms with Crippen molar-refractivity contribution in [2.45, 2.75) is 38.3 Å². The van der Waals surface area contributed by atoms with Crippen LogP contribution in [-0.4, -0.2) is 19.3 Å². The normalized spacial score (nSPS) is 21.6. The van der Waals surface area contributed by atoms with Gasteiger partial charge in [-0.2, -0.15) is 0 Å². The van der Waals surface area contributed by atoms with Crippen molar-refractivity contribution in [2.75, 3.05) is 13.2 Å². The molecule has 0 saturated carbocycles. The predicted octanol–water partition coefficient (Wildman–Crippen LogP) is 3.42. The fourth-order valence-electron chi connectivity index (χ4n) is 2.26. The maximum atomic E-state index is 6.28. The van der Waals surface area contributed by atoms with Crippen LogP contribution in [0.15, 0.2) is 22.7 Å². The third kappa shape index (κ3) is 3.25. The number of halogens is 1. The summed E-state index contributed by atoms with van der Waals surface area (Å²) in [7, 11) is 0. The third-order valence-corrected chi connectivity index (χ3v) is 3.88. The van der Waals surface area contributed by atoms with E-state index in [4.69, 9.17) is 15.2 Å². The summed E-state index contributed by atoms with van der Waals surface area (Å²) >= 11 is 3.52. The van der Waals surface area contributed by atoms with Crippen LogP contribution in [0.25, 0.3) is 0 Å². The van der Waals surface area contributed by atoms with Crippen LogP contribution in [0.3, 0.4) is 0 Å². The van der Waals surface area contributed by atoms with Crippen molar-refractivity contribution in [3.63, 3.8) is 0 Å². The van der Waals surface area contributed by atoms with Crippen molar-refractivity contribution >= 4 is 15.9 Å². The van der Waals surface area contributed by atoms with E-state index in [2.05, 4.69) is 15.9 Å². The van der Waals surface area contributed by atoms with E-state index < -0.39 is 0 Å². The molecule has 3 nitrogen and oxygen atoms in total. The van der Waals surface area contributed by atoms with E-state index in [0.29, 0.717) is 6.61 Å². The van der Waals surface area contributed by atoms with E-state index in [1.807, 2.05) is 25.1 Å². The molecule has 0 spiro atoms. The topological polar surface area (TPSA) is 44.5 Å². The molecular weight excluding hydrogens is 294 g/mol. The van der Waals surface area contributed by atoms with Crippen molar-refractivity contribution in [3.8, 4) is 5.75 Å². The Balaban J connectivity index is 2.10. The summed E-state index contributed by atoms with van der Waals surface area (Å²) in [4.78, 5) is 0. The number of hydrogen-bond acceptors (Lipinski definition) is 3. The van der Waals surface area contributed by atoms with Gasteiger partial charge in [-0.25, -0.2) is 0 Å². The Hall–Kier alpha value is -0.580. The molecule has 1 aromatic carbocycles. The van der Waals surface area contributed by atoms with Crippen LogP contribution in [0, 0.1) is 0 Å². The van der Waals surface area contributed by atoms with Gasteiger partial charge in [0, 0.05) is 6.61 Å². The number of rotatable bonds is 4. The average Bonchev–Trinajstić information content (AvgIpc) is 2.41. The molecule has 2 rings (SSSR count). The molecule has 2 atom stereocenters. The molecule has 4 heteroatoms. The Kier molecular flexibility index (Phi) is 5.03. The van der Waals surface area contributed by atoms with Gasteiger partial charge in [-0.15, -0.1) is 0 Å². The Bertz CT molecular complexity index is 391. The van der Waals surface area contributed by atoms with E-state index >= 15 is 0 Å². The van der Waals surface area contributed by atoms with Crippen LogP contribution in [0.2, 0.25) is 0 Å². The molecule has 1 fully saturated rings. The van der Waals surface area contributed by atoms with E-state index in [1.54, 1.807) is 0 Å². The zero-order chi connectivity index (χ0) is 13.0. The second-order valence-corrected chi connectivity index (χ2v) is 5.41. The Morgan fingerprint density at radius 3 is 2.94 bits per heavy atom.